The number of ether oxygens (including phenoxy) is 1. The van der Waals surface area contributed by atoms with Crippen molar-refractivity contribution >= 4 is 14.2 Å². The maximum atomic E-state index is 13.0. The van der Waals surface area contributed by atoms with Crippen LogP contribution in [0, 0.1) is 23.7 Å². The second-order valence-corrected chi connectivity index (χ2v) is 14.2. The average molecular weight is 411 g/mol. The summed E-state index contributed by atoms with van der Waals surface area (Å²) in [6.07, 6.45) is 12.2. The van der Waals surface area contributed by atoms with Crippen molar-refractivity contribution in [3.8, 4) is 0 Å². The summed E-state index contributed by atoms with van der Waals surface area (Å²) < 4.78 is 5.90. The quantitative estimate of drug-likeness (QED) is 0.659. The number of carbonyl (C=O) groups is 1. The highest BCUT2D eigenvalue weighted by molar-refractivity contribution is 6.69. The summed E-state index contributed by atoms with van der Waals surface area (Å²) in [6.45, 7) is 6.57. The van der Waals surface area contributed by atoms with Gasteiger partial charge in [0.25, 0.3) is 0 Å². The molecule has 0 radical (unpaired) electrons. The predicted molar refractivity (Wildman–Crippen MR) is 115 cm³/mol. The summed E-state index contributed by atoms with van der Waals surface area (Å²) in [5.74, 6) is 2.94. The van der Waals surface area contributed by atoms with Crippen molar-refractivity contribution in [3.63, 3.8) is 0 Å². The number of nitrogens with two attached hydrogens (primary N) is 1. The fourth-order valence-electron chi connectivity index (χ4n) is 5.62. The van der Waals surface area contributed by atoms with Crippen molar-refractivity contribution in [1.82, 2.24) is 4.90 Å². The second kappa shape index (κ2) is 10.1. The molecule has 2 aliphatic carbocycles. The van der Waals surface area contributed by atoms with Gasteiger partial charge in [-0.3, -0.25) is 4.79 Å². The van der Waals surface area contributed by atoms with Crippen molar-refractivity contribution in [3.05, 3.63) is 0 Å². The highest BCUT2D eigenvalue weighted by atomic mass is 28.4. The fraction of sp³-hybridized carbons (Fsp3) is 0.955. The van der Waals surface area contributed by atoms with E-state index in [1.54, 1.807) is 0 Å². The van der Waals surface area contributed by atoms with Crippen molar-refractivity contribution in [2.45, 2.75) is 83.4 Å². The zero-order chi connectivity index (χ0) is 20.1. The summed E-state index contributed by atoms with van der Waals surface area (Å²) in [7, 11) is -2.14. The maximum Gasteiger partial charge on any atom is 0.225 e. The van der Waals surface area contributed by atoms with Gasteiger partial charge in [0.05, 0.1) is 12.3 Å². The zero-order valence-electron chi connectivity index (χ0n) is 18.1. The molecular formula is C22H42N2O3Si. The van der Waals surface area contributed by atoms with Gasteiger partial charge < -0.3 is 20.2 Å². The van der Waals surface area contributed by atoms with E-state index < -0.39 is 8.32 Å². The Kier molecular flexibility index (Phi) is 7.99. The van der Waals surface area contributed by atoms with Crippen LogP contribution in [0.2, 0.25) is 13.1 Å². The van der Waals surface area contributed by atoms with Gasteiger partial charge in [0.1, 0.15) is 0 Å². The van der Waals surface area contributed by atoms with Crippen LogP contribution in [0.5, 0.6) is 0 Å². The molecule has 1 aliphatic heterocycles. The molecule has 2 atom stereocenters. The number of hydrogen-bond donors (Lipinski definition) is 2. The third-order valence-corrected chi connectivity index (χ3v) is 8.24. The summed E-state index contributed by atoms with van der Waals surface area (Å²) in [5.41, 5.74) is 5.92. The van der Waals surface area contributed by atoms with Crippen LogP contribution in [0.3, 0.4) is 0 Å². The minimum absolute atomic E-state index is 0.187. The van der Waals surface area contributed by atoms with E-state index in [0.717, 1.165) is 63.1 Å². The molecule has 0 aromatic heterocycles. The molecular weight excluding hydrogens is 368 g/mol. The molecule has 0 bridgehead atoms. The Labute approximate surface area is 172 Å². The third-order valence-electron chi connectivity index (χ3n) is 7.37. The molecule has 6 heteroatoms. The van der Waals surface area contributed by atoms with Gasteiger partial charge in [-0.05, 0) is 88.8 Å². The summed E-state index contributed by atoms with van der Waals surface area (Å²) in [5, 5.41) is 0. The first kappa shape index (κ1) is 22.3. The smallest absolute Gasteiger partial charge is 0.225 e. The van der Waals surface area contributed by atoms with E-state index in [1.807, 2.05) is 13.1 Å². The molecule has 3 N–H and O–H groups in total. The number of rotatable bonds is 6. The lowest BCUT2D eigenvalue weighted by atomic mass is 9.72. The van der Waals surface area contributed by atoms with Gasteiger partial charge in [0, 0.05) is 19.0 Å². The first-order chi connectivity index (χ1) is 13.4. The molecule has 0 spiro atoms. The molecule has 162 valence electrons. The van der Waals surface area contributed by atoms with Crippen LogP contribution in [-0.2, 0) is 9.53 Å². The first-order valence-electron chi connectivity index (χ1n) is 11.7. The SMILES string of the molecule is C[Si](C)(O)COC1CCC(C(=O)N2CCC(C3CCCC(CN)C3)CC2)CC1. The van der Waals surface area contributed by atoms with Crippen molar-refractivity contribution in [2.24, 2.45) is 29.4 Å². The van der Waals surface area contributed by atoms with E-state index in [4.69, 9.17) is 10.5 Å². The number of amides is 1. The molecule has 28 heavy (non-hydrogen) atoms. The standard InChI is InChI=1S/C22H42N2O3Si/c1-28(2,26)16-27-21-8-6-19(7-9-21)22(25)24-12-10-18(11-13-24)20-5-3-4-17(14-20)15-23/h17-21,26H,3-16,23H2,1-2H3. The Bertz CT molecular complexity index is 495. The molecule has 3 aliphatic rings. The Morgan fingerprint density at radius 1 is 1.04 bits per heavy atom. The Morgan fingerprint density at radius 3 is 2.32 bits per heavy atom. The van der Waals surface area contributed by atoms with Gasteiger partial charge in [-0.1, -0.05) is 12.8 Å². The number of carbonyl (C=O) groups excluding carboxylic acids is 1. The van der Waals surface area contributed by atoms with Gasteiger partial charge in [-0.15, -0.1) is 0 Å². The lowest BCUT2D eigenvalue weighted by Gasteiger charge is -2.41. The lowest BCUT2D eigenvalue weighted by Crippen LogP contribution is -2.44. The highest BCUT2D eigenvalue weighted by Crippen LogP contribution is 2.38. The molecule has 1 amide bonds. The third kappa shape index (κ3) is 6.28. The molecule has 0 aromatic rings. The van der Waals surface area contributed by atoms with Gasteiger partial charge in [-0.2, -0.15) is 0 Å². The topological polar surface area (TPSA) is 75.8 Å². The van der Waals surface area contributed by atoms with Crippen LogP contribution in [0.25, 0.3) is 0 Å². The van der Waals surface area contributed by atoms with Crippen LogP contribution in [-0.4, -0.2) is 55.9 Å². The van der Waals surface area contributed by atoms with Crippen LogP contribution in [0.1, 0.15) is 64.2 Å². The van der Waals surface area contributed by atoms with E-state index in [9.17, 15) is 9.59 Å². The Hall–Kier alpha value is -0.433. The summed E-state index contributed by atoms with van der Waals surface area (Å²) in [4.78, 5) is 25.1. The fourth-order valence-corrected chi connectivity index (χ4v) is 6.27. The largest absolute Gasteiger partial charge is 0.430 e. The molecule has 2 unspecified atom stereocenters. The van der Waals surface area contributed by atoms with Gasteiger partial charge >= 0.3 is 0 Å². The van der Waals surface area contributed by atoms with Crippen LogP contribution in [0.4, 0.5) is 0 Å². The molecule has 5 nitrogen and oxygen atoms in total. The van der Waals surface area contributed by atoms with E-state index in [0.29, 0.717) is 12.1 Å². The first-order valence-corrected chi connectivity index (χ1v) is 14.8. The maximum absolute atomic E-state index is 13.0. The highest BCUT2D eigenvalue weighted by Gasteiger charge is 2.35. The average Bonchev–Trinajstić information content (AvgIpc) is 2.72. The number of hydrogen-bond acceptors (Lipinski definition) is 4. The lowest BCUT2D eigenvalue weighted by molar-refractivity contribution is -0.139. The van der Waals surface area contributed by atoms with E-state index in [-0.39, 0.29) is 12.0 Å². The van der Waals surface area contributed by atoms with E-state index in [1.165, 1.54) is 38.5 Å². The number of nitrogens with zero attached hydrogens (tertiary/aromatic N) is 1. The molecule has 1 saturated heterocycles. The van der Waals surface area contributed by atoms with Crippen LogP contribution < -0.4 is 5.73 Å². The zero-order valence-corrected chi connectivity index (χ0v) is 19.1. The molecule has 2 saturated carbocycles. The number of likely N-dealkylation sites (tertiary alicyclic amines) is 1. The molecule has 0 aromatic carbocycles. The van der Waals surface area contributed by atoms with E-state index in [2.05, 4.69) is 4.90 Å². The predicted octanol–water partition coefficient (Wildman–Crippen LogP) is 3.30. The van der Waals surface area contributed by atoms with E-state index >= 15 is 0 Å². The normalized spacial score (nSPS) is 33.1. The van der Waals surface area contributed by atoms with Crippen LogP contribution in [0.15, 0.2) is 0 Å². The summed E-state index contributed by atoms with van der Waals surface area (Å²) in [6, 6.07) is 0. The summed E-state index contributed by atoms with van der Waals surface area (Å²) >= 11 is 0. The van der Waals surface area contributed by atoms with Crippen molar-refractivity contribution in [1.29, 1.82) is 0 Å². The van der Waals surface area contributed by atoms with Gasteiger partial charge in [0.15, 0.2) is 0 Å². The molecule has 1 heterocycles. The number of piperidine rings is 1. The second-order valence-electron chi connectivity index (χ2n) is 10.3. The van der Waals surface area contributed by atoms with Crippen molar-refractivity contribution < 1.29 is 14.3 Å². The minimum Gasteiger partial charge on any atom is -0.430 e. The minimum atomic E-state index is -2.14. The van der Waals surface area contributed by atoms with Gasteiger partial charge in [-0.25, -0.2) is 0 Å². The molecule has 3 rings (SSSR count). The Balaban J connectivity index is 1.38. The van der Waals surface area contributed by atoms with Gasteiger partial charge in [0.2, 0.25) is 14.2 Å². The molecule has 3 fully saturated rings. The van der Waals surface area contributed by atoms with Crippen molar-refractivity contribution in [2.75, 3.05) is 25.9 Å². The Morgan fingerprint density at radius 2 is 1.71 bits per heavy atom. The monoisotopic (exact) mass is 410 g/mol. The van der Waals surface area contributed by atoms with Crippen LogP contribution >= 0.6 is 0 Å².